The van der Waals surface area contributed by atoms with Crippen LogP contribution in [-0.2, 0) is 4.74 Å². The van der Waals surface area contributed by atoms with E-state index in [4.69, 9.17) is 9.47 Å². The zero-order valence-electron chi connectivity index (χ0n) is 20.3. The van der Waals surface area contributed by atoms with Crippen LogP contribution >= 0.6 is 0 Å². The highest BCUT2D eigenvalue weighted by Crippen LogP contribution is 2.30. The highest BCUT2D eigenvalue weighted by molar-refractivity contribution is 5.98. The maximum absolute atomic E-state index is 13.6. The van der Waals surface area contributed by atoms with Crippen molar-refractivity contribution >= 4 is 5.91 Å². The largest absolute Gasteiger partial charge is 0.472 e. The van der Waals surface area contributed by atoms with Gasteiger partial charge in [-0.3, -0.25) is 4.79 Å². The van der Waals surface area contributed by atoms with Crippen LogP contribution in [0, 0.1) is 11.8 Å². The van der Waals surface area contributed by atoms with E-state index in [1.807, 2.05) is 6.92 Å². The molecule has 1 saturated heterocycles. The zero-order chi connectivity index (χ0) is 24.1. The van der Waals surface area contributed by atoms with Crippen molar-refractivity contribution in [1.29, 1.82) is 0 Å². The summed E-state index contributed by atoms with van der Waals surface area (Å²) in [5.41, 5.74) is 1.91. The highest BCUT2D eigenvalue weighted by atomic mass is 16.5. The number of fused-ring (bicyclic) bond motifs is 1. The molecule has 0 spiro atoms. The summed E-state index contributed by atoms with van der Waals surface area (Å²) < 4.78 is 11.9. The third kappa shape index (κ3) is 5.71. The van der Waals surface area contributed by atoms with Crippen LogP contribution in [0.15, 0.2) is 31.0 Å². The summed E-state index contributed by atoms with van der Waals surface area (Å²) in [6.45, 7) is 7.72. The standard InChI is InChI=1S/C25H35N5O4/c1-17-12-30(18(2)15-31)25(32)22-8-20(21-9-26-16-27-10-21)11-28-24(22)34-23(17)14-29(3)13-19-4-6-33-7-5-19/h8-11,16-19,23,31H,4-7,12-15H2,1-3H3/t17-,18-,23+/m0/s1. The van der Waals surface area contributed by atoms with Crippen LogP contribution in [0.1, 0.15) is 37.0 Å². The SMILES string of the molecule is C[C@H]1CN([C@@H](C)CO)C(=O)c2cc(-c3cncnc3)cnc2O[C@@H]1CN(C)CC1CCOCC1. The minimum absolute atomic E-state index is 0.0623. The summed E-state index contributed by atoms with van der Waals surface area (Å²) in [6, 6.07) is 1.48. The third-order valence-electron chi connectivity index (χ3n) is 6.82. The summed E-state index contributed by atoms with van der Waals surface area (Å²) in [7, 11) is 2.12. The fourth-order valence-electron chi connectivity index (χ4n) is 4.68. The Bertz CT molecular complexity index is 954. The van der Waals surface area contributed by atoms with Crippen LogP contribution < -0.4 is 4.74 Å². The number of aliphatic hydroxyl groups excluding tert-OH is 1. The summed E-state index contributed by atoms with van der Waals surface area (Å²) in [6.07, 6.45) is 8.55. The Kier molecular flexibility index (Phi) is 8.07. The van der Waals surface area contributed by atoms with Gasteiger partial charge in [0.2, 0.25) is 5.88 Å². The van der Waals surface area contributed by atoms with Gasteiger partial charge in [-0.25, -0.2) is 15.0 Å². The van der Waals surface area contributed by atoms with Crippen LogP contribution in [0.5, 0.6) is 5.88 Å². The molecule has 2 aromatic rings. The Hall–Kier alpha value is -2.62. The van der Waals surface area contributed by atoms with Crippen molar-refractivity contribution in [3.8, 4) is 17.0 Å². The molecule has 4 rings (SSSR count). The number of hydrogen-bond acceptors (Lipinski definition) is 8. The van der Waals surface area contributed by atoms with E-state index in [2.05, 4.69) is 33.8 Å². The van der Waals surface area contributed by atoms with Crippen molar-refractivity contribution in [2.75, 3.05) is 46.5 Å². The normalized spacial score (nSPS) is 22.6. The molecule has 2 aliphatic rings. The first-order valence-electron chi connectivity index (χ1n) is 12.1. The number of amides is 1. The molecule has 1 fully saturated rings. The quantitative estimate of drug-likeness (QED) is 0.658. The summed E-state index contributed by atoms with van der Waals surface area (Å²) >= 11 is 0. The first kappa shape index (κ1) is 24.5. The molecular formula is C25H35N5O4. The fraction of sp³-hybridized carbons (Fsp3) is 0.600. The predicted octanol–water partition coefficient (Wildman–Crippen LogP) is 2.12. The van der Waals surface area contributed by atoms with Crippen LogP contribution in [0.3, 0.4) is 0 Å². The number of hydrogen-bond donors (Lipinski definition) is 1. The minimum Gasteiger partial charge on any atom is -0.472 e. The number of ether oxygens (including phenoxy) is 2. The Balaban J connectivity index is 1.61. The Morgan fingerprint density at radius 3 is 2.62 bits per heavy atom. The molecule has 0 radical (unpaired) electrons. The third-order valence-corrected chi connectivity index (χ3v) is 6.82. The average Bonchev–Trinajstić information content (AvgIpc) is 2.86. The number of carbonyl (C=O) groups is 1. The number of carbonyl (C=O) groups excluding carboxylic acids is 1. The van der Waals surface area contributed by atoms with Gasteiger partial charge in [-0.1, -0.05) is 6.92 Å². The number of likely N-dealkylation sites (N-methyl/N-ethyl adjacent to an activating group) is 1. The van der Waals surface area contributed by atoms with E-state index in [0.717, 1.165) is 50.3 Å². The number of nitrogens with zero attached hydrogens (tertiary/aromatic N) is 5. The molecule has 2 aromatic heterocycles. The second-order valence-electron chi connectivity index (χ2n) is 9.60. The minimum atomic E-state index is -0.315. The fourth-order valence-corrected chi connectivity index (χ4v) is 4.68. The van der Waals surface area contributed by atoms with Gasteiger partial charge >= 0.3 is 0 Å². The van der Waals surface area contributed by atoms with E-state index in [1.54, 1.807) is 29.6 Å². The van der Waals surface area contributed by atoms with E-state index < -0.39 is 0 Å². The molecule has 0 bridgehead atoms. The van der Waals surface area contributed by atoms with Gasteiger partial charge in [0.25, 0.3) is 5.91 Å². The van der Waals surface area contributed by atoms with Gasteiger partial charge in [0, 0.05) is 68.5 Å². The van der Waals surface area contributed by atoms with E-state index >= 15 is 0 Å². The summed E-state index contributed by atoms with van der Waals surface area (Å²) in [5, 5.41) is 9.85. The van der Waals surface area contributed by atoms with Crippen molar-refractivity contribution in [2.24, 2.45) is 11.8 Å². The van der Waals surface area contributed by atoms with Crippen LogP contribution in [-0.4, -0.2) is 94.4 Å². The van der Waals surface area contributed by atoms with Gasteiger partial charge in [0.15, 0.2) is 0 Å². The van der Waals surface area contributed by atoms with Crippen molar-refractivity contribution in [2.45, 2.75) is 38.8 Å². The van der Waals surface area contributed by atoms with Crippen molar-refractivity contribution in [3.63, 3.8) is 0 Å². The molecule has 184 valence electrons. The lowest BCUT2D eigenvalue weighted by Gasteiger charge is -2.38. The van der Waals surface area contributed by atoms with E-state index in [1.165, 1.54) is 6.33 Å². The lowest BCUT2D eigenvalue weighted by molar-refractivity contribution is 0.0254. The van der Waals surface area contributed by atoms with E-state index in [-0.39, 0.29) is 30.6 Å². The van der Waals surface area contributed by atoms with Crippen molar-refractivity contribution < 1.29 is 19.4 Å². The Morgan fingerprint density at radius 1 is 1.18 bits per heavy atom. The topological polar surface area (TPSA) is 101 Å². The number of rotatable bonds is 7. The molecule has 0 aromatic carbocycles. The first-order chi connectivity index (χ1) is 16.5. The number of pyridine rings is 1. The van der Waals surface area contributed by atoms with E-state index in [9.17, 15) is 9.90 Å². The molecule has 9 heteroatoms. The van der Waals surface area contributed by atoms with Crippen molar-refractivity contribution in [1.82, 2.24) is 24.8 Å². The van der Waals surface area contributed by atoms with Gasteiger partial charge in [-0.05, 0) is 38.8 Å². The van der Waals surface area contributed by atoms with Gasteiger partial charge in [0.05, 0.1) is 12.6 Å². The molecule has 0 aliphatic carbocycles. The molecule has 4 heterocycles. The Morgan fingerprint density at radius 2 is 1.91 bits per heavy atom. The number of aromatic nitrogens is 3. The Labute approximate surface area is 201 Å². The first-order valence-corrected chi connectivity index (χ1v) is 12.1. The number of aliphatic hydroxyl groups is 1. The van der Waals surface area contributed by atoms with Gasteiger partial charge in [0.1, 0.15) is 18.0 Å². The lowest BCUT2D eigenvalue weighted by Crippen LogP contribution is -2.50. The van der Waals surface area contributed by atoms with Crippen LogP contribution in [0.25, 0.3) is 11.1 Å². The van der Waals surface area contributed by atoms with Crippen molar-refractivity contribution in [3.05, 3.63) is 36.5 Å². The molecular weight excluding hydrogens is 434 g/mol. The highest BCUT2D eigenvalue weighted by Gasteiger charge is 2.34. The summed E-state index contributed by atoms with van der Waals surface area (Å²) in [4.78, 5) is 30.3. The van der Waals surface area contributed by atoms with E-state index in [0.29, 0.717) is 23.9 Å². The molecule has 34 heavy (non-hydrogen) atoms. The summed E-state index contributed by atoms with van der Waals surface area (Å²) in [5.74, 6) is 0.823. The molecule has 3 atom stereocenters. The molecule has 2 aliphatic heterocycles. The maximum atomic E-state index is 13.6. The van der Waals surface area contributed by atoms with Gasteiger partial charge in [-0.2, -0.15) is 0 Å². The maximum Gasteiger partial charge on any atom is 0.259 e. The zero-order valence-corrected chi connectivity index (χ0v) is 20.3. The second kappa shape index (κ2) is 11.2. The van der Waals surface area contributed by atoms with Gasteiger partial charge < -0.3 is 24.4 Å². The van der Waals surface area contributed by atoms with Crippen LogP contribution in [0.2, 0.25) is 0 Å². The molecule has 1 N–H and O–H groups in total. The predicted molar refractivity (Wildman–Crippen MR) is 127 cm³/mol. The molecule has 0 saturated carbocycles. The average molecular weight is 470 g/mol. The lowest BCUT2D eigenvalue weighted by atomic mass is 9.97. The van der Waals surface area contributed by atoms with Gasteiger partial charge in [-0.15, -0.1) is 0 Å². The molecule has 9 nitrogen and oxygen atoms in total. The smallest absolute Gasteiger partial charge is 0.259 e. The monoisotopic (exact) mass is 469 g/mol. The van der Waals surface area contributed by atoms with Crippen LogP contribution in [0.4, 0.5) is 0 Å². The second-order valence-corrected chi connectivity index (χ2v) is 9.60. The molecule has 0 unspecified atom stereocenters. The molecule has 1 amide bonds.